The number of halogens is 3. The molecule has 0 atom stereocenters. The minimum Gasteiger partial charge on any atom is -0.435 e. The highest BCUT2D eigenvalue weighted by Gasteiger charge is 2.07. The summed E-state index contributed by atoms with van der Waals surface area (Å²) in [7, 11) is 0. The second kappa shape index (κ2) is 8.58. The van der Waals surface area contributed by atoms with Gasteiger partial charge in [0.05, 0.1) is 16.7 Å². The maximum absolute atomic E-state index is 12.1. The minimum atomic E-state index is -2.85. The fourth-order valence-electron chi connectivity index (χ4n) is 1.88. The van der Waals surface area contributed by atoms with Crippen LogP contribution in [-0.2, 0) is 17.9 Å². The van der Waals surface area contributed by atoms with Crippen LogP contribution in [0.2, 0.25) is 0 Å². The zero-order valence-corrected chi connectivity index (χ0v) is 14.5. The smallest absolute Gasteiger partial charge is 0.387 e. The minimum absolute atomic E-state index is 0.0722. The molecule has 1 aromatic carbocycles. The Bertz CT molecular complexity index is 715. The number of nitrogens with one attached hydrogen (secondary N) is 1. The quantitative estimate of drug-likeness (QED) is 0.723. The lowest BCUT2D eigenvalue weighted by Gasteiger charge is -2.04. The van der Waals surface area contributed by atoms with Crippen molar-refractivity contribution in [1.82, 2.24) is 15.1 Å². The fourth-order valence-corrected chi connectivity index (χ4v) is 2.34. The molecule has 2 rings (SSSR count). The number of aromatic nitrogens is 2. The van der Waals surface area contributed by atoms with Crippen LogP contribution in [-0.4, -0.2) is 22.3 Å². The maximum atomic E-state index is 12.1. The first-order valence-electron chi connectivity index (χ1n) is 7.20. The van der Waals surface area contributed by atoms with Crippen LogP contribution in [0.4, 0.5) is 8.78 Å². The number of hydrogen-bond acceptors (Lipinski definition) is 3. The van der Waals surface area contributed by atoms with Crippen LogP contribution >= 0.6 is 15.9 Å². The van der Waals surface area contributed by atoms with Crippen molar-refractivity contribution in [3.8, 4) is 5.75 Å². The van der Waals surface area contributed by atoms with Gasteiger partial charge in [0.15, 0.2) is 0 Å². The largest absolute Gasteiger partial charge is 0.435 e. The summed E-state index contributed by atoms with van der Waals surface area (Å²) in [6.07, 6.45) is 4.80. The molecule has 1 N–H and O–H groups in total. The van der Waals surface area contributed by atoms with Gasteiger partial charge < -0.3 is 10.1 Å². The first kappa shape index (κ1) is 18.1. The molecule has 24 heavy (non-hydrogen) atoms. The molecule has 0 aliphatic carbocycles. The van der Waals surface area contributed by atoms with Gasteiger partial charge in [0, 0.05) is 18.8 Å². The highest BCUT2D eigenvalue weighted by Crippen LogP contribution is 2.16. The van der Waals surface area contributed by atoms with E-state index in [1.165, 1.54) is 18.2 Å². The predicted molar refractivity (Wildman–Crippen MR) is 89.6 cm³/mol. The average Bonchev–Trinajstić information content (AvgIpc) is 2.92. The predicted octanol–water partition coefficient (Wildman–Crippen LogP) is 3.60. The lowest BCUT2D eigenvalue weighted by molar-refractivity contribution is -0.116. The van der Waals surface area contributed by atoms with Crippen LogP contribution in [0.3, 0.4) is 0 Å². The molecular formula is C16H16BrF2N3O2. The number of amides is 1. The Balaban J connectivity index is 1.87. The van der Waals surface area contributed by atoms with E-state index < -0.39 is 6.61 Å². The summed E-state index contributed by atoms with van der Waals surface area (Å²) in [5, 5.41) is 7.04. The summed E-state index contributed by atoms with van der Waals surface area (Å²) in [6.45, 7) is 0.172. The molecule has 0 aliphatic heterocycles. The molecule has 1 aromatic heterocycles. The molecule has 0 fully saturated rings. The van der Waals surface area contributed by atoms with Gasteiger partial charge in [0.25, 0.3) is 0 Å². The van der Waals surface area contributed by atoms with E-state index in [1.807, 2.05) is 13.1 Å². The van der Waals surface area contributed by atoms with Gasteiger partial charge >= 0.3 is 6.61 Å². The second-order valence-electron chi connectivity index (χ2n) is 4.78. The standard InChI is InChI=1S/C16H16BrF2N3O2/c1-2-22-10-13(17)14(21-22)9-20-15(23)8-5-11-3-6-12(7-4-11)24-16(18)19/h3-8,10,16H,2,9H2,1H3,(H,20,23)/b8-5-. The van der Waals surface area contributed by atoms with Gasteiger partial charge in [0.1, 0.15) is 5.75 Å². The van der Waals surface area contributed by atoms with Crippen molar-refractivity contribution in [3.63, 3.8) is 0 Å². The fraction of sp³-hybridized carbons (Fsp3) is 0.250. The van der Waals surface area contributed by atoms with Crippen LogP contribution in [0.25, 0.3) is 6.08 Å². The van der Waals surface area contributed by atoms with Crippen molar-refractivity contribution < 1.29 is 18.3 Å². The highest BCUT2D eigenvalue weighted by atomic mass is 79.9. The Hall–Kier alpha value is -2.22. The number of ether oxygens (including phenoxy) is 1. The second-order valence-corrected chi connectivity index (χ2v) is 5.63. The Morgan fingerprint density at radius 3 is 2.71 bits per heavy atom. The van der Waals surface area contributed by atoms with Crippen LogP contribution in [0.1, 0.15) is 18.2 Å². The summed E-state index contributed by atoms with van der Waals surface area (Å²) < 4.78 is 31.0. The number of aryl methyl sites for hydroxylation is 1. The monoisotopic (exact) mass is 399 g/mol. The summed E-state index contributed by atoms with van der Waals surface area (Å²) in [4.78, 5) is 11.8. The molecule has 0 spiro atoms. The molecule has 5 nitrogen and oxygen atoms in total. The van der Waals surface area contributed by atoms with E-state index in [0.29, 0.717) is 12.1 Å². The summed E-state index contributed by atoms with van der Waals surface area (Å²) in [5.74, 6) is -0.205. The molecule has 0 bridgehead atoms. The van der Waals surface area contributed by atoms with Crippen molar-refractivity contribution >= 4 is 27.9 Å². The van der Waals surface area contributed by atoms with E-state index in [1.54, 1.807) is 22.9 Å². The van der Waals surface area contributed by atoms with Crippen molar-refractivity contribution in [2.45, 2.75) is 26.6 Å². The van der Waals surface area contributed by atoms with Crippen LogP contribution in [0, 0.1) is 0 Å². The third-order valence-corrected chi connectivity index (χ3v) is 3.74. The molecule has 0 radical (unpaired) electrons. The van der Waals surface area contributed by atoms with Gasteiger partial charge in [-0.3, -0.25) is 9.48 Å². The third kappa shape index (κ3) is 5.45. The van der Waals surface area contributed by atoms with E-state index >= 15 is 0 Å². The van der Waals surface area contributed by atoms with E-state index in [-0.39, 0.29) is 11.7 Å². The maximum Gasteiger partial charge on any atom is 0.387 e. The Kier molecular flexibility index (Phi) is 6.48. The zero-order chi connectivity index (χ0) is 17.5. The third-order valence-electron chi connectivity index (χ3n) is 3.07. The number of nitrogens with zero attached hydrogens (tertiary/aromatic N) is 2. The lowest BCUT2D eigenvalue weighted by atomic mass is 10.2. The summed E-state index contributed by atoms with van der Waals surface area (Å²) in [6, 6.07) is 6.00. The Morgan fingerprint density at radius 1 is 1.42 bits per heavy atom. The average molecular weight is 400 g/mol. The molecular weight excluding hydrogens is 384 g/mol. The van der Waals surface area contributed by atoms with E-state index in [2.05, 4.69) is 31.1 Å². The SMILES string of the molecule is CCn1cc(Br)c(CNC(=O)/C=C\c2ccc(OC(F)F)cc2)n1. The van der Waals surface area contributed by atoms with Crippen molar-refractivity contribution in [2.24, 2.45) is 0 Å². The molecule has 0 saturated heterocycles. The molecule has 2 aromatic rings. The van der Waals surface area contributed by atoms with Crippen LogP contribution in [0.15, 0.2) is 41.0 Å². The summed E-state index contributed by atoms with van der Waals surface area (Å²) >= 11 is 3.39. The van der Waals surface area contributed by atoms with Crippen molar-refractivity contribution in [1.29, 1.82) is 0 Å². The number of alkyl halides is 2. The number of rotatable bonds is 7. The van der Waals surface area contributed by atoms with Crippen molar-refractivity contribution in [2.75, 3.05) is 0 Å². The Labute approximate surface area is 146 Å². The molecule has 8 heteroatoms. The molecule has 0 unspecified atom stereocenters. The van der Waals surface area contributed by atoms with E-state index in [9.17, 15) is 13.6 Å². The molecule has 0 saturated carbocycles. The van der Waals surface area contributed by atoms with Crippen LogP contribution < -0.4 is 10.1 Å². The lowest BCUT2D eigenvalue weighted by Crippen LogP contribution is -2.20. The number of carbonyl (C=O) groups is 1. The zero-order valence-electron chi connectivity index (χ0n) is 12.9. The topological polar surface area (TPSA) is 56.2 Å². The van der Waals surface area contributed by atoms with E-state index in [0.717, 1.165) is 16.7 Å². The molecule has 1 amide bonds. The first-order valence-corrected chi connectivity index (χ1v) is 8.00. The van der Waals surface area contributed by atoms with Gasteiger partial charge in [-0.1, -0.05) is 12.1 Å². The number of benzene rings is 1. The molecule has 1 heterocycles. The van der Waals surface area contributed by atoms with Gasteiger partial charge in [-0.2, -0.15) is 13.9 Å². The van der Waals surface area contributed by atoms with Gasteiger partial charge in [-0.05, 0) is 46.6 Å². The number of hydrogen-bond donors (Lipinski definition) is 1. The van der Waals surface area contributed by atoms with Gasteiger partial charge in [-0.15, -0.1) is 0 Å². The van der Waals surface area contributed by atoms with E-state index in [4.69, 9.17) is 0 Å². The highest BCUT2D eigenvalue weighted by molar-refractivity contribution is 9.10. The van der Waals surface area contributed by atoms with Gasteiger partial charge in [-0.25, -0.2) is 0 Å². The first-order chi connectivity index (χ1) is 11.5. The molecule has 0 aliphatic rings. The summed E-state index contributed by atoms with van der Waals surface area (Å²) in [5.41, 5.74) is 1.44. The normalized spacial score (nSPS) is 11.2. The Morgan fingerprint density at radius 2 is 2.12 bits per heavy atom. The van der Waals surface area contributed by atoms with Gasteiger partial charge in [0.2, 0.25) is 5.91 Å². The number of carbonyl (C=O) groups excluding carboxylic acids is 1. The van der Waals surface area contributed by atoms with Crippen LogP contribution in [0.5, 0.6) is 5.75 Å². The van der Waals surface area contributed by atoms with Crippen molar-refractivity contribution in [3.05, 3.63) is 52.3 Å². The molecule has 128 valence electrons.